The highest BCUT2D eigenvalue weighted by Crippen LogP contribution is 2.34. The highest BCUT2D eigenvalue weighted by molar-refractivity contribution is 14.1. The molecule has 4 aromatic carbocycles. The Morgan fingerprint density at radius 3 is 2.61 bits per heavy atom. The van der Waals surface area contributed by atoms with Crippen LogP contribution >= 0.6 is 45.5 Å². The summed E-state index contributed by atoms with van der Waals surface area (Å²) in [6.45, 7) is 0.125. The van der Waals surface area contributed by atoms with Crippen molar-refractivity contribution in [2.75, 3.05) is 12.4 Å². The number of amides is 1. The summed E-state index contributed by atoms with van der Waals surface area (Å²) < 4.78 is 12.2. The summed E-state index contributed by atoms with van der Waals surface area (Å²) in [7, 11) is 1.51. The Hall–Kier alpha value is -4.53. The predicted molar refractivity (Wildman–Crippen MR) is 180 cm³/mol. The predicted octanol–water partition coefficient (Wildman–Crippen LogP) is 8.07. The number of hydrazone groups is 1. The number of nitrogens with zero attached hydrogens (tertiary/aromatic N) is 3. The Morgan fingerprint density at radius 2 is 1.89 bits per heavy atom. The molecule has 5 rings (SSSR count). The fourth-order valence-electron chi connectivity index (χ4n) is 4.01. The molecule has 1 amide bonds. The van der Waals surface area contributed by atoms with Gasteiger partial charge in [-0.15, -0.1) is 11.3 Å². The van der Waals surface area contributed by atoms with Crippen molar-refractivity contribution in [3.63, 3.8) is 0 Å². The van der Waals surface area contributed by atoms with Gasteiger partial charge in [0.2, 0.25) is 0 Å². The summed E-state index contributed by atoms with van der Waals surface area (Å²) in [4.78, 5) is 27.9. The van der Waals surface area contributed by atoms with Crippen LogP contribution in [-0.2, 0) is 6.61 Å². The first-order valence-electron chi connectivity index (χ1n) is 12.9. The Morgan fingerprint density at radius 1 is 1.11 bits per heavy atom. The SMILES string of the molecule is COc1cc(/C=N\NC(=O)c2ccc(-c3csc(Nc4ccc(Cl)cc4)n3)cc2)cc(I)c1OCc1cccc([N+](=O)[O-])c1. The van der Waals surface area contributed by atoms with E-state index in [1.807, 2.05) is 47.8 Å². The maximum atomic E-state index is 12.7. The Balaban J connectivity index is 1.18. The number of methoxy groups -OCH3 is 1. The molecular weight excluding hydrogens is 717 g/mol. The molecule has 0 aliphatic heterocycles. The Kier molecular flexibility index (Phi) is 10.0. The lowest BCUT2D eigenvalue weighted by molar-refractivity contribution is -0.384. The number of anilines is 2. The minimum absolute atomic E-state index is 0.00544. The third kappa shape index (κ3) is 7.89. The molecule has 1 aromatic heterocycles. The third-order valence-corrected chi connectivity index (χ3v) is 7.99. The Labute approximate surface area is 275 Å². The van der Waals surface area contributed by atoms with E-state index in [-0.39, 0.29) is 18.2 Å². The second kappa shape index (κ2) is 14.3. The van der Waals surface area contributed by atoms with E-state index in [1.165, 1.54) is 36.8 Å². The first-order valence-corrected chi connectivity index (χ1v) is 15.3. The lowest BCUT2D eigenvalue weighted by atomic mass is 10.1. The quantitative estimate of drug-likeness (QED) is 0.0607. The van der Waals surface area contributed by atoms with Crippen LogP contribution in [0.4, 0.5) is 16.5 Å². The zero-order valence-corrected chi connectivity index (χ0v) is 26.7. The van der Waals surface area contributed by atoms with E-state index in [0.29, 0.717) is 33.2 Å². The topological polar surface area (TPSA) is 128 Å². The minimum atomic E-state index is -0.448. The highest BCUT2D eigenvalue weighted by Gasteiger charge is 2.13. The van der Waals surface area contributed by atoms with Gasteiger partial charge in [-0.1, -0.05) is 35.9 Å². The molecule has 0 saturated carbocycles. The van der Waals surface area contributed by atoms with Crippen molar-refractivity contribution in [1.82, 2.24) is 10.4 Å². The van der Waals surface area contributed by atoms with E-state index in [4.69, 9.17) is 21.1 Å². The molecule has 0 unspecified atom stereocenters. The molecule has 2 N–H and O–H groups in total. The lowest BCUT2D eigenvalue weighted by Gasteiger charge is -2.13. The van der Waals surface area contributed by atoms with E-state index in [9.17, 15) is 14.9 Å². The summed E-state index contributed by atoms with van der Waals surface area (Å²) in [5.74, 6) is 0.586. The molecule has 5 aromatic rings. The first kappa shape index (κ1) is 30.9. The summed E-state index contributed by atoms with van der Waals surface area (Å²) in [5, 5.41) is 21.7. The van der Waals surface area contributed by atoms with Gasteiger partial charge >= 0.3 is 0 Å². The lowest BCUT2D eigenvalue weighted by Crippen LogP contribution is -2.17. The number of hydrogen-bond acceptors (Lipinski definition) is 9. The average Bonchev–Trinajstić information content (AvgIpc) is 3.50. The zero-order chi connectivity index (χ0) is 31.1. The number of nitrogens with one attached hydrogen (secondary N) is 2. The number of non-ortho nitro benzene ring substituents is 1. The van der Waals surface area contributed by atoms with Crippen LogP contribution in [0.3, 0.4) is 0 Å². The van der Waals surface area contributed by atoms with E-state index < -0.39 is 4.92 Å². The monoisotopic (exact) mass is 739 g/mol. The van der Waals surface area contributed by atoms with Gasteiger partial charge in [0.15, 0.2) is 16.6 Å². The summed E-state index contributed by atoms with van der Waals surface area (Å²) >= 11 is 9.53. The largest absolute Gasteiger partial charge is 0.493 e. The van der Waals surface area contributed by atoms with Gasteiger partial charge in [0.25, 0.3) is 11.6 Å². The number of hydrogen-bond donors (Lipinski definition) is 2. The fourth-order valence-corrected chi connectivity index (χ4v) is 5.66. The van der Waals surface area contributed by atoms with Gasteiger partial charge in [0.05, 0.1) is 27.5 Å². The minimum Gasteiger partial charge on any atom is -0.493 e. The molecule has 1 heterocycles. The van der Waals surface area contributed by atoms with Crippen molar-refractivity contribution >= 4 is 74.2 Å². The number of nitro benzene ring substituents is 1. The van der Waals surface area contributed by atoms with E-state index in [0.717, 1.165) is 25.6 Å². The number of ether oxygens (including phenoxy) is 2. The smallest absolute Gasteiger partial charge is 0.271 e. The van der Waals surface area contributed by atoms with Crippen molar-refractivity contribution in [1.29, 1.82) is 0 Å². The number of nitro groups is 1. The van der Waals surface area contributed by atoms with Gasteiger partial charge in [-0.2, -0.15) is 5.10 Å². The van der Waals surface area contributed by atoms with Crippen molar-refractivity contribution in [2.45, 2.75) is 6.61 Å². The molecule has 0 spiro atoms. The molecule has 0 aliphatic carbocycles. The van der Waals surface area contributed by atoms with Crippen LogP contribution in [0.1, 0.15) is 21.5 Å². The van der Waals surface area contributed by atoms with Gasteiger partial charge in [-0.25, -0.2) is 10.4 Å². The molecular formula is C31H23ClIN5O5S. The second-order valence-electron chi connectivity index (χ2n) is 9.20. The van der Waals surface area contributed by atoms with Gasteiger partial charge < -0.3 is 14.8 Å². The van der Waals surface area contributed by atoms with Crippen LogP contribution in [-0.4, -0.2) is 29.1 Å². The number of carbonyl (C=O) groups is 1. The van der Waals surface area contributed by atoms with Crippen molar-refractivity contribution < 1.29 is 19.2 Å². The van der Waals surface area contributed by atoms with Crippen LogP contribution in [0.15, 0.2) is 95.4 Å². The summed E-state index contributed by atoms with van der Waals surface area (Å²) in [6.07, 6.45) is 1.51. The fraction of sp³-hybridized carbons (Fsp3) is 0.0645. The van der Waals surface area contributed by atoms with Crippen LogP contribution in [0.5, 0.6) is 11.5 Å². The number of benzene rings is 4. The number of thiazole rings is 1. The molecule has 0 radical (unpaired) electrons. The number of carbonyl (C=O) groups excluding carboxylic acids is 1. The summed E-state index contributed by atoms with van der Waals surface area (Å²) in [6, 6.07) is 24.3. The number of rotatable bonds is 11. The van der Waals surface area contributed by atoms with Gasteiger partial charge in [0.1, 0.15) is 6.61 Å². The molecule has 13 heteroatoms. The zero-order valence-electron chi connectivity index (χ0n) is 23.0. The molecule has 0 fully saturated rings. The van der Waals surface area contributed by atoms with Crippen molar-refractivity contribution in [3.8, 4) is 22.8 Å². The van der Waals surface area contributed by atoms with Gasteiger partial charge in [0, 0.05) is 39.3 Å². The maximum Gasteiger partial charge on any atom is 0.271 e. The van der Waals surface area contributed by atoms with Crippen LogP contribution in [0.25, 0.3) is 11.3 Å². The van der Waals surface area contributed by atoms with Crippen molar-refractivity contribution in [2.24, 2.45) is 5.10 Å². The molecule has 0 saturated heterocycles. The molecule has 0 aliphatic rings. The Bertz CT molecular complexity index is 1830. The molecule has 44 heavy (non-hydrogen) atoms. The molecule has 10 nitrogen and oxygen atoms in total. The van der Waals surface area contributed by atoms with Crippen LogP contribution < -0.4 is 20.2 Å². The normalized spacial score (nSPS) is 10.9. The highest BCUT2D eigenvalue weighted by atomic mass is 127. The van der Waals surface area contributed by atoms with E-state index in [2.05, 4.69) is 43.4 Å². The first-order chi connectivity index (χ1) is 21.3. The van der Waals surface area contributed by atoms with E-state index in [1.54, 1.807) is 30.3 Å². The number of halogens is 2. The van der Waals surface area contributed by atoms with Crippen LogP contribution in [0.2, 0.25) is 5.02 Å². The van der Waals surface area contributed by atoms with E-state index >= 15 is 0 Å². The molecule has 0 bridgehead atoms. The molecule has 0 atom stereocenters. The molecule has 222 valence electrons. The summed E-state index contributed by atoms with van der Waals surface area (Å²) in [5.41, 5.74) is 6.86. The van der Waals surface area contributed by atoms with Crippen LogP contribution in [0, 0.1) is 13.7 Å². The van der Waals surface area contributed by atoms with Gasteiger partial charge in [-0.3, -0.25) is 14.9 Å². The third-order valence-electron chi connectivity index (χ3n) is 6.18. The number of aromatic nitrogens is 1. The second-order valence-corrected chi connectivity index (χ2v) is 11.7. The average molecular weight is 740 g/mol. The van der Waals surface area contributed by atoms with Crippen molar-refractivity contribution in [3.05, 3.63) is 126 Å². The maximum absolute atomic E-state index is 12.7. The van der Waals surface area contributed by atoms with Gasteiger partial charge in [-0.05, 0) is 82.2 Å². The standard InChI is InChI=1S/C31H23ClIN5O5S/c1-42-28-15-20(14-26(33)29(28)43-17-19-3-2-4-25(13-19)38(40)41)16-34-37-30(39)22-7-5-21(6-8-22)27-18-44-31(36-27)35-24-11-9-23(32)10-12-24/h2-16,18H,17H2,1H3,(H,35,36)(H,37,39)/b34-16-.